The second-order valence-electron chi connectivity index (χ2n) is 8.89. The second kappa shape index (κ2) is 6.48. The standard InChI is InChI=1S/C25H32/c1-8-18(4)20-14-19-9-10-23(25(5,6)7)24(22(19)15-20)21-12-16(2)11-17(3)13-21/h9-13,15,18H,8,14H2,1-7H3. The van der Waals surface area contributed by atoms with Gasteiger partial charge < -0.3 is 0 Å². The smallest absolute Gasteiger partial charge is 0.00549 e. The minimum Gasteiger partial charge on any atom is -0.0648 e. The number of aryl methyl sites for hydroxylation is 2. The van der Waals surface area contributed by atoms with Gasteiger partial charge in [-0.3, -0.25) is 0 Å². The highest BCUT2D eigenvalue weighted by Crippen LogP contribution is 2.43. The lowest BCUT2D eigenvalue weighted by molar-refractivity contribution is 0.591. The number of fused-ring (bicyclic) bond motifs is 1. The summed E-state index contributed by atoms with van der Waals surface area (Å²) in [6.45, 7) is 16.0. The van der Waals surface area contributed by atoms with Crippen LogP contribution in [0.25, 0.3) is 17.2 Å². The van der Waals surface area contributed by atoms with Crippen molar-refractivity contribution < 1.29 is 0 Å². The first kappa shape index (κ1) is 18.0. The minimum absolute atomic E-state index is 0.134. The molecule has 0 aromatic heterocycles. The summed E-state index contributed by atoms with van der Waals surface area (Å²) in [5.74, 6) is 0.664. The Morgan fingerprint density at radius 3 is 2.20 bits per heavy atom. The Morgan fingerprint density at radius 1 is 1.00 bits per heavy atom. The van der Waals surface area contributed by atoms with Crippen LogP contribution in [-0.4, -0.2) is 0 Å². The first-order valence-corrected chi connectivity index (χ1v) is 9.66. The van der Waals surface area contributed by atoms with Crippen LogP contribution in [0.5, 0.6) is 0 Å². The van der Waals surface area contributed by atoms with Gasteiger partial charge in [-0.25, -0.2) is 0 Å². The molecule has 3 rings (SSSR count). The quantitative estimate of drug-likeness (QED) is 0.555. The molecule has 1 unspecified atom stereocenters. The van der Waals surface area contributed by atoms with Crippen LogP contribution in [0.3, 0.4) is 0 Å². The summed E-state index contributed by atoms with van der Waals surface area (Å²) in [4.78, 5) is 0. The average Bonchev–Trinajstić information content (AvgIpc) is 2.95. The van der Waals surface area contributed by atoms with E-state index in [9.17, 15) is 0 Å². The van der Waals surface area contributed by atoms with Crippen LogP contribution in [0.2, 0.25) is 0 Å². The highest BCUT2D eigenvalue weighted by atomic mass is 14.3. The molecule has 0 N–H and O–H groups in total. The van der Waals surface area contributed by atoms with Crippen LogP contribution in [0.15, 0.2) is 35.9 Å². The van der Waals surface area contributed by atoms with E-state index in [-0.39, 0.29) is 5.41 Å². The molecule has 132 valence electrons. The van der Waals surface area contributed by atoms with E-state index in [2.05, 4.69) is 84.9 Å². The van der Waals surface area contributed by atoms with Gasteiger partial charge in [0, 0.05) is 0 Å². The zero-order valence-electron chi connectivity index (χ0n) is 17.0. The third kappa shape index (κ3) is 3.45. The lowest BCUT2D eigenvalue weighted by atomic mass is 9.79. The lowest BCUT2D eigenvalue weighted by Gasteiger charge is -2.25. The summed E-state index contributed by atoms with van der Waals surface area (Å²) in [6, 6.07) is 11.7. The van der Waals surface area contributed by atoms with Crippen LogP contribution in [0, 0.1) is 19.8 Å². The van der Waals surface area contributed by atoms with Crippen molar-refractivity contribution in [1.29, 1.82) is 0 Å². The fourth-order valence-electron chi connectivity index (χ4n) is 4.07. The molecule has 0 bridgehead atoms. The summed E-state index contributed by atoms with van der Waals surface area (Å²) in [5.41, 5.74) is 11.7. The van der Waals surface area contributed by atoms with Crippen LogP contribution >= 0.6 is 0 Å². The largest absolute Gasteiger partial charge is 0.0648 e. The van der Waals surface area contributed by atoms with Crippen molar-refractivity contribution in [2.24, 2.45) is 5.92 Å². The molecule has 25 heavy (non-hydrogen) atoms. The topological polar surface area (TPSA) is 0 Å². The van der Waals surface area contributed by atoms with E-state index in [0.29, 0.717) is 5.92 Å². The van der Waals surface area contributed by atoms with Gasteiger partial charge >= 0.3 is 0 Å². The molecule has 0 heteroatoms. The Kier molecular flexibility index (Phi) is 4.66. The number of hydrogen-bond donors (Lipinski definition) is 0. The van der Waals surface area contributed by atoms with Crippen molar-refractivity contribution in [1.82, 2.24) is 0 Å². The van der Waals surface area contributed by atoms with Crippen LogP contribution in [0.4, 0.5) is 0 Å². The van der Waals surface area contributed by atoms with E-state index in [0.717, 1.165) is 6.42 Å². The summed E-state index contributed by atoms with van der Waals surface area (Å²) in [7, 11) is 0. The van der Waals surface area contributed by atoms with Crippen LogP contribution in [-0.2, 0) is 11.8 Å². The summed E-state index contributed by atoms with van der Waals surface area (Å²) in [6.07, 6.45) is 4.82. The van der Waals surface area contributed by atoms with E-state index in [4.69, 9.17) is 0 Å². The molecule has 0 heterocycles. The molecule has 0 fully saturated rings. The van der Waals surface area contributed by atoms with Gasteiger partial charge in [-0.2, -0.15) is 0 Å². The highest BCUT2D eigenvalue weighted by molar-refractivity contribution is 5.84. The predicted molar refractivity (Wildman–Crippen MR) is 111 cm³/mol. The van der Waals surface area contributed by atoms with Gasteiger partial charge in [0.2, 0.25) is 0 Å². The molecule has 0 radical (unpaired) electrons. The Balaban J connectivity index is 2.28. The first-order valence-electron chi connectivity index (χ1n) is 9.66. The van der Waals surface area contributed by atoms with Gasteiger partial charge in [0.05, 0.1) is 0 Å². The van der Waals surface area contributed by atoms with Gasteiger partial charge in [0.15, 0.2) is 0 Å². The monoisotopic (exact) mass is 332 g/mol. The maximum atomic E-state index is 2.49. The maximum Gasteiger partial charge on any atom is -0.00549 e. The van der Waals surface area contributed by atoms with Crippen molar-refractivity contribution in [2.75, 3.05) is 0 Å². The fraction of sp³-hybridized carbons (Fsp3) is 0.440. The van der Waals surface area contributed by atoms with Gasteiger partial charge in [0.25, 0.3) is 0 Å². The number of benzene rings is 2. The van der Waals surface area contributed by atoms with Crippen LogP contribution < -0.4 is 0 Å². The fourth-order valence-corrected chi connectivity index (χ4v) is 4.07. The summed E-state index contributed by atoms with van der Waals surface area (Å²) in [5, 5.41) is 0. The average molecular weight is 333 g/mol. The lowest BCUT2D eigenvalue weighted by Crippen LogP contribution is -2.14. The zero-order valence-corrected chi connectivity index (χ0v) is 17.0. The van der Waals surface area contributed by atoms with E-state index in [1.807, 2.05) is 0 Å². The first-order chi connectivity index (χ1) is 11.7. The Morgan fingerprint density at radius 2 is 1.64 bits per heavy atom. The van der Waals surface area contributed by atoms with Crippen molar-refractivity contribution in [3.8, 4) is 11.1 Å². The Hall–Kier alpha value is -1.82. The summed E-state index contributed by atoms with van der Waals surface area (Å²) >= 11 is 0. The van der Waals surface area contributed by atoms with E-state index < -0.39 is 0 Å². The molecule has 0 spiro atoms. The Bertz CT molecular complexity index is 808. The normalized spacial score (nSPS) is 15.1. The molecule has 1 atom stereocenters. The second-order valence-corrected chi connectivity index (χ2v) is 8.89. The van der Waals surface area contributed by atoms with Crippen molar-refractivity contribution in [3.05, 3.63) is 63.7 Å². The highest BCUT2D eigenvalue weighted by Gasteiger charge is 2.26. The zero-order chi connectivity index (χ0) is 18.4. The molecule has 0 nitrogen and oxygen atoms in total. The van der Waals surface area contributed by atoms with E-state index in [1.165, 1.54) is 45.4 Å². The molecule has 0 aliphatic heterocycles. The maximum absolute atomic E-state index is 2.49. The predicted octanol–water partition coefficient (Wildman–Crippen LogP) is 7.25. The molecule has 2 aromatic carbocycles. The molecule has 1 aliphatic carbocycles. The minimum atomic E-state index is 0.134. The van der Waals surface area contributed by atoms with E-state index in [1.54, 1.807) is 5.57 Å². The number of allylic oxidation sites excluding steroid dienone is 1. The molecular weight excluding hydrogens is 300 g/mol. The summed E-state index contributed by atoms with van der Waals surface area (Å²) < 4.78 is 0. The Labute approximate surface area is 154 Å². The molecule has 0 saturated heterocycles. The third-order valence-electron chi connectivity index (χ3n) is 5.62. The van der Waals surface area contributed by atoms with Gasteiger partial charge in [-0.05, 0) is 65.8 Å². The SMILES string of the molecule is CCC(C)C1=Cc2c(ccc(C(C)(C)C)c2-c2cc(C)cc(C)c2)C1. The molecule has 1 aliphatic rings. The van der Waals surface area contributed by atoms with Crippen molar-refractivity contribution >= 4 is 6.08 Å². The molecular formula is C25H32. The molecule has 2 aromatic rings. The number of hydrogen-bond acceptors (Lipinski definition) is 0. The number of rotatable bonds is 3. The third-order valence-corrected chi connectivity index (χ3v) is 5.62. The van der Waals surface area contributed by atoms with Crippen LogP contribution in [0.1, 0.15) is 68.9 Å². The van der Waals surface area contributed by atoms with Crippen molar-refractivity contribution in [3.63, 3.8) is 0 Å². The molecule has 0 saturated carbocycles. The molecule has 0 amide bonds. The van der Waals surface area contributed by atoms with Gasteiger partial charge in [0.1, 0.15) is 0 Å². The van der Waals surface area contributed by atoms with Crippen molar-refractivity contribution in [2.45, 2.75) is 66.7 Å². The van der Waals surface area contributed by atoms with E-state index >= 15 is 0 Å². The van der Waals surface area contributed by atoms with Gasteiger partial charge in [-0.1, -0.05) is 87.7 Å². The van der Waals surface area contributed by atoms with Gasteiger partial charge in [-0.15, -0.1) is 0 Å².